The van der Waals surface area contributed by atoms with E-state index in [-0.39, 0.29) is 0 Å². The minimum Gasteiger partial charge on any atom is -0.337 e. The highest BCUT2D eigenvalue weighted by Crippen LogP contribution is 1.88. The maximum Gasteiger partial charge on any atom is 0.0945 e. The van der Waals surface area contributed by atoms with Gasteiger partial charge < -0.3 is 9.88 Å². The van der Waals surface area contributed by atoms with Crippen molar-refractivity contribution < 1.29 is 0 Å². The molecule has 10 heavy (non-hydrogen) atoms. The van der Waals surface area contributed by atoms with Gasteiger partial charge in [-0.15, -0.1) is 0 Å². The lowest BCUT2D eigenvalue weighted by atomic mass is 10.4. The summed E-state index contributed by atoms with van der Waals surface area (Å²) in [4.78, 5) is 3.90. The van der Waals surface area contributed by atoms with E-state index in [1.54, 1.807) is 12.5 Å². The number of hydrogen-bond donors (Lipinski definition) is 1. The van der Waals surface area contributed by atoms with E-state index in [2.05, 4.69) is 10.3 Å². The van der Waals surface area contributed by atoms with E-state index >= 15 is 0 Å². The Kier molecular flexibility index (Phi) is 2.96. The molecule has 1 heterocycles. The normalized spacial score (nSPS) is 10.1. The van der Waals surface area contributed by atoms with Crippen molar-refractivity contribution in [1.82, 2.24) is 14.9 Å². The SMILES string of the molecule is [C]NCCCn1ccnc1. The first-order valence-electron chi connectivity index (χ1n) is 3.29. The number of aromatic nitrogens is 2. The summed E-state index contributed by atoms with van der Waals surface area (Å²) in [5.74, 6) is 0. The number of rotatable bonds is 4. The second-order valence-electron chi connectivity index (χ2n) is 2.08. The molecule has 0 unspecified atom stereocenters. The third-order valence-electron chi connectivity index (χ3n) is 1.28. The highest BCUT2D eigenvalue weighted by molar-refractivity contribution is 4.73. The molecule has 0 atom stereocenters. The lowest BCUT2D eigenvalue weighted by Crippen LogP contribution is -2.07. The zero-order valence-electron chi connectivity index (χ0n) is 5.75. The maximum absolute atomic E-state index is 6.66. The number of nitrogens with zero attached hydrogens (tertiary/aromatic N) is 2. The van der Waals surface area contributed by atoms with Crippen LogP contribution in [-0.4, -0.2) is 16.1 Å². The van der Waals surface area contributed by atoms with E-state index in [4.69, 9.17) is 7.05 Å². The van der Waals surface area contributed by atoms with E-state index < -0.39 is 0 Å². The molecule has 0 fully saturated rings. The molecule has 1 aromatic rings. The zero-order valence-corrected chi connectivity index (χ0v) is 5.75. The summed E-state index contributed by atoms with van der Waals surface area (Å²) in [5.41, 5.74) is 0. The number of imidazole rings is 1. The molecule has 0 spiro atoms. The third kappa shape index (κ3) is 2.19. The van der Waals surface area contributed by atoms with Gasteiger partial charge in [0.05, 0.1) is 13.4 Å². The van der Waals surface area contributed by atoms with Gasteiger partial charge in [0, 0.05) is 18.9 Å². The van der Waals surface area contributed by atoms with Crippen molar-refractivity contribution in [1.29, 1.82) is 0 Å². The van der Waals surface area contributed by atoms with Crippen LogP contribution in [-0.2, 0) is 6.54 Å². The fourth-order valence-corrected chi connectivity index (χ4v) is 0.769. The predicted molar refractivity (Wildman–Crippen MR) is 38.1 cm³/mol. The van der Waals surface area contributed by atoms with Crippen LogP contribution in [0.25, 0.3) is 0 Å². The number of nitrogens with one attached hydrogen (secondary N) is 1. The van der Waals surface area contributed by atoms with E-state index in [1.807, 2.05) is 10.8 Å². The summed E-state index contributed by atoms with van der Waals surface area (Å²) in [6.45, 7) is 1.67. The molecule has 1 rings (SSSR count). The van der Waals surface area contributed by atoms with Gasteiger partial charge in [-0.25, -0.2) is 4.98 Å². The molecule has 1 aromatic heterocycles. The lowest BCUT2D eigenvalue weighted by Gasteiger charge is -1.99. The first kappa shape index (κ1) is 7.28. The molecule has 53 valence electrons. The molecule has 0 aliphatic carbocycles. The topological polar surface area (TPSA) is 29.9 Å². The highest BCUT2D eigenvalue weighted by Gasteiger charge is 1.87. The van der Waals surface area contributed by atoms with Crippen LogP contribution in [0.2, 0.25) is 0 Å². The Balaban J connectivity index is 2.15. The van der Waals surface area contributed by atoms with E-state index in [1.165, 1.54) is 0 Å². The van der Waals surface area contributed by atoms with Gasteiger partial charge >= 0.3 is 0 Å². The first-order valence-corrected chi connectivity index (χ1v) is 3.29. The monoisotopic (exact) mass is 136 g/mol. The minimum atomic E-state index is 0.734. The summed E-state index contributed by atoms with van der Waals surface area (Å²) >= 11 is 0. The fourth-order valence-electron chi connectivity index (χ4n) is 0.769. The molecule has 0 saturated carbocycles. The molecule has 0 bridgehead atoms. The molecule has 0 aromatic carbocycles. The van der Waals surface area contributed by atoms with Crippen LogP contribution in [0.4, 0.5) is 0 Å². The summed E-state index contributed by atoms with van der Waals surface area (Å²) < 4.78 is 2.00. The molecule has 1 N–H and O–H groups in total. The Morgan fingerprint density at radius 3 is 3.10 bits per heavy atom. The van der Waals surface area contributed by atoms with Gasteiger partial charge in [-0.1, -0.05) is 0 Å². The molecular formula is C7H10N3. The Bertz CT molecular complexity index is 157. The van der Waals surface area contributed by atoms with E-state index in [0.29, 0.717) is 0 Å². The number of hydrogen-bond acceptors (Lipinski definition) is 2. The maximum atomic E-state index is 6.66. The van der Waals surface area contributed by atoms with Gasteiger partial charge in [0.1, 0.15) is 0 Å². The Morgan fingerprint density at radius 2 is 2.50 bits per heavy atom. The molecule has 3 radical (unpaired) electrons. The Morgan fingerprint density at radius 1 is 1.60 bits per heavy atom. The standard InChI is InChI=1S/C7H10N3/c1-8-3-2-5-10-6-4-9-7-10/h4,6-8H,2-3,5H2. The van der Waals surface area contributed by atoms with Gasteiger partial charge in [-0.3, -0.25) is 0 Å². The largest absolute Gasteiger partial charge is 0.337 e. The van der Waals surface area contributed by atoms with Crippen LogP contribution in [0, 0.1) is 7.05 Å². The van der Waals surface area contributed by atoms with Crippen molar-refractivity contribution in [3.63, 3.8) is 0 Å². The van der Waals surface area contributed by atoms with Gasteiger partial charge in [-0.2, -0.15) is 0 Å². The van der Waals surface area contributed by atoms with Gasteiger partial charge in [0.2, 0.25) is 0 Å². The summed E-state index contributed by atoms with van der Waals surface area (Å²) in [5, 5.41) is 2.35. The average Bonchev–Trinajstić information content (AvgIpc) is 2.41. The highest BCUT2D eigenvalue weighted by atomic mass is 15.0. The molecule has 0 aliphatic rings. The lowest BCUT2D eigenvalue weighted by molar-refractivity contribution is 0.622. The fraction of sp³-hybridized carbons (Fsp3) is 0.429. The van der Waals surface area contributed by atoms with Crippen molar-refractivity contribution in [2.45, 2.75) is 13.0 Å². The second kappa shape index (κ2) is 4.06. The smallest absolute Gasteiger partial charge is 0.0945 e. The van der Waals surface area contributed by atoms with Gasteiger partial charge in [0.15, 0.2) is 0 Å². The third-order valence-corrected chi connectivity index (χ3v) is 1.28. The Labute approximate surface area is 61.1 Å². The van der Waals surface area contributed by atoms with Crippen LogP contribution in [0.5, 0.6) is 0 Å². The van der Waals surface area contributed by atoms with Crippen LogP contribution in [0.15, 0.2) is 18.7 Å². The summed E-state index contributed by atoms with van der Waals surface area (Å²) in [6.07, 6.45) is 6.43. The summed E-state index contributed by atoms with van der Waals surface area (Å²) in [7, 11) is 6.66. The van der Waals surface area contributed by atoms with Crippen molar-refractivity contribution in [2.75, 3.05) is 6.54 Å². The van der Waals surface area contributed by atoms with Crippen LogP contribution in [0.3, 0.4) is 0 Å². The molecule has 3 heteroatoms. The molecular weight excluding hydrogens is 126 g/mol. The van der Waals surface area contributed by atoms with Crippen molar-refractivity contribution in [2.24, 2.45) is 0 Å². The Hall–Kier alpha value is -0.830. The average molecular weight is 136 g/mol. The van der Waals surface area contributed by atoms with Gasteiger partial charge in [-0.05, 0) is 13.0 Å². The minimum absolute atomic E-state index is 0.734. The van der Waals surface area contributed by atoms with Crippen molar-refractivity contribution in [3.05, 3.63) is 25.8 Å². The number of aryl methyl sites for hydroxylation is 1. The van der Waals surface area contributed by atoms with Gasteiger partial charge in [0.25, 0.3) is 0 Å². The summed E-state index contributed by atoms with van der Waals surface area (Å²) in [6, 6.07) is 0. The molecule has 0 amide bonds. The van der Waals surface area contributed by atoms with Crippen LogP contribution >= 0.6 is 0 Å². The van der Waals surface area contributed by atoms with Crippen molar-refractivity contribution in [3.8, 4) is 0 Å². The second-order valence-corrected chi connectivity index (χ2v) is 2.08. The zero-order chi connectivity index (χ0) is 7.23. The quantitative estimate of drug-likeness (QED) is 0.607. The predicted octanol–water partition coefficient (Wildman–Crippen LogP) is 0.408. The van der Waals surface area contributed by atoms with Crippen LogP contribution < -0.4 is 5.32 Å². The van der Waals surface area contributed by atoms with E-state index in [9.17, 15) is 0 Å². The first-order chi connectivity index (χ1) is 4.93. The van der Waals surface area contributed by atoms with Crippen molar-refractivity contribution >= 4 is 0 Å². The molecule has 0 aliphatic heterocycles. The molecule has 0 saturated heterocycles. The molecule has 3 nitrogen and oxygen atoms in total. The van der Waals surface area contributed by atoms with E-state index in [0.717, 1.165) is 19.5 Å². The van der Waals surface area contributed by atoms with Crippen LogP contribution in [0.1, 0.15) is 6.42 Å².